The van der Waals surface area contributed by atoms with Crippen LogP contribution in [0.1, 0.15) is 94.5 Å². The number of amides is 1. The first-order chi connectivity index (χ1) is 16.1. The van der Waals surface area contributed by atoms with Gasteiger partial charge in [-0.1, -0.05) is 32.0 Å². The van der Waals surface area contributed by atoms with E-state index < -0.39 is 0 Å². The molecule has 34 heavy (non-hydrogen) atoms. The first kappa shape index (κ1) is 23.1. The van der Waals surface area contributed by atoms with Gasteiger partial charge < -0.3 is 9.80 Å². The van der Waals surface area contributed by atoms with Gasteiger partial charge in [0.25, 0.3) is 5.91 Å². The highest BCUT2D eigenvalue weighted by atomic mass is 16.2. The molecule has 1 spiro atoms. The standard InChI is InChI=1S/C31H46N2O/c1-20(32(4)5)24-13-14-25-22-12-11-21-19-31(27-10-8-7-9-23(27)28(34)33(31)6)18-17-29(21,2)26(22)15-16-30(24,25)3/h7-10,20-22,24-26H,11-19H2,1-6H3/t20-,21+,22+,24-,25+,26+,29+,30-,31-/m1/s1. The summed E-state index contributed by atoms with van der Waals surface area (Å²) < 4.78 is 0. The van der Waals surface area contributed by atoms with E-state index in [0.717, 1.165) is 41.6 Å². The number of rotatable bonds is 2. The van der Waals surface area contributed by atoms with Crippen molar-refractivity contribution >= 4 is 5.91 Å². The fourth-order valence-corrected chi connectivity index (χ4v) is 10.6. The molecular weight excluding hydrogens is 416 g/mol. The van der Waals surface area contributed by atoms with Gasteiger partial charge in [0.1, 0.15) is 0 Å². The number of hydrogen-bond donors (Lipinski definition) is 0. The average Bonchev–Trinajstić information content (AvgIpc) is 3.28. The Bertz CT molecular complexity index is 987. The summed E-state index contributed by atoms with van der Waals surface area (Å²) in [5, 5.41) is 0. The molecule has 5 aliphatic rings. The topological polar surface area (TPSA) is 23.6 Å². The summed E-state index contributed by atoms with van der Waals surface area (Å²) in [6, 6.07) is 9.17. The minimum Gasteiger partial charge on any atom is -0.332 e. The third-order valence-corrected chi connectivity index (χ3v) is 12.8. The maximum Gasteiger partial charge on any atom is 0.254 e. The highest BCUT2D eigenvalue weighted by Crippen LogP contribution is 2.69. The van der Waals surface area contributed by atoms with Gasteiger partial charge in [-0.2, -0.15) is 0 Å². The Labute approximate surface area is 207 Å². The van der Waals surface area contributed by atoms with Crippen LogP contribution < -0.4 is 0 Å². The highest BCUT2D eigenvalue weighted by molar-refractivity contribution is 5.99. The van der Waals surface area contributed by atoms with Crippen LogP contribution >= 0.6 is 0 Å². The summed E-state index contributed by atoms with van der Waals surface area (Å²) in [4.78, 5) is 17.8. The summed E-state index contributed by atoms with van der Waals surface area (Å²) in [6.45, 7) is 7.81. The Kier molecular flexibility index (Phi) is 5.14. The van der Waals surface area contributed by atoms with Gasteiger partial charge in [-0.3, -0.25) is 4.79 Å². The minimum atomic E-state index is -0.0620. The van der Waals surface area contributed by atoms with Gasteiger partial charge in [-0.15, -0.1) is 0 Å². The van der Waals surface area contributed by atoms with Gasteiger partial charge in [0.2, 0.25) is 0 Å². The minimum absolute atomic E-state index is 0.0620. The molecule has 3 heteroatoms. The van der Waals surface area contributed by atoms with Gasteiger partial charge in [0.05, 0.1) is 5.54 Å². The molecule has 1 aromatic rings. The van der Waals surface area contributed by atoms with E-state index in [1.165, 1.54) is 56.9 Å². The molecule has 4 aliphatic carbocycles. The zero-order chi connectivity index (χ0) is 24.0. The molecule has 0 N–H and O–H groups in total. The fourth-order valence-electron chi connectivity index (χ4n) is 10.6. The van der Waals surface area contributed by atoms with Crippen molar-refractivity contribution in [3.63, 3.8) is 0 Å². The van der Waals surface area contributed by atoms with Crippen molar-refractivity contribution in [2.75, 3.05) is 21.1 Å². The van der Waals surface area contributed by atoms with E-state index in [-0.39, 0.29) is 11.4 Å². The first-order valence-electron chi connectivity index (χ1n) is 14.2. The van der Waals surface area contributed by atoms with Gasteiger partial charge in [0.15, 0.2) is 0 Å². The van der Waals surface area contributed by atoms with Crippen LogP contribution in [-0.2, 0) is 5.54 Å². The molecule has 4 saturated carbocycles. The molecule has 1 aliphatic heterocycles. The van der Waals surface area contributed by atoms with E-state index in [2.05, 4.69) is 69.9 Å². The molecule has 1 aromatic carbocycles. The molecule has 0 bridgehead atoms. The van der Waals surface area contributed by atoms with Crippen molar-refractivity contribution in [3.8, 4) is 0 Å². The maximum atomic E-state index is 13.2. The van der Waals surface area contributed by atoms with E-state index >= 15 is 0 Å². The molecule has 0 saturated heterocycles. The predicted molar refractivity (Wildman–Crippen MR) is 139 cm³/mol. The molecule has 1 amide bonds. The lowest BCUT2D eigenvalue weighted by Crippen LogP contribution is -2.57. The summed E-state index contributed by atoms with van der Waals surface area (Å²) in [5.41, 5.74) is 3.19. The van der Waals surface area contributed by atoms with Crippen LogP contribution in [0.2, 0.25) is 0 Å². The highest BCUT2D eigenvalue weighted by Gasteiger charge is 2.63. The summed E-state index contributed by atoms with van der Waals surface area (Å²) in [6.07, 6.45) is 12.1. The van der Waals surface area contributed by atoms with Crippen molar-refractivity contribution in [1.82, 2.24) is 9.80 Å². The molecule has 6 rings (SSSR count). The lowest BCUT2D eigenvalue weighted by molar-refractivity contribution is -0.134. The third kappa shape index (κ3) is 2.83. The van der Waals surface area contributed by atoms with Gasteiger partial charge in [0, 0.05) is 18.7 Å². The van der Waals surface area contributed by atoms with Crippen LogP contribution in [0.25, 0.3) is 0 Å². The summed E-state index contributed by atoms with van der Waals surface area (Å²) >= 11 is 0. The molecule has 0 aromatic heterocycles. The second-order valence-corrected chi connectivity index (χ2v) is 13.7. The lowest BCUT2D eigenvalue weighted by Gasteiger charge is -2.63. The Morgan fingerprint density at radius 2 is 1.68 bits per heavy atom. The van der Waals surface area contributed by atoms with E-state index in [0.29, 0.717) is 16.9 Å². The van der Waals surface area contributed by atoms with Crippen molar-refractivity contribution in [3.05, 3.63) is 35.4 Å². The van der Waals surface area contributed by atoms with Crippen LogP contribution in [0.3, 0.4) is 0 Å². The normalized spacial score (nSPS) is 46.3. The van der Waals surface area contributed by atoms with Crippen molar-refractivity contribution in [2.24, 2.45) is 40.4 Å². The number of fused-ring (bicyclic) bond motifs is 7. The maximum absolute atomic E-state index is 13.2. The molecule has 0 radical (unpaired) electrons. The number of benzene rings is 1. The van der Waals surface area contributed by atoms with Crippen molar-refractivity contribution in [1.29, 1.82) is 0 Å². The second kappa shape index (κ2) is 7.58. The van der Waals surface area contributed by atoms with Crippen LogP contribution in [-0.4, -0.2) is 42.9 Å². The van der Waals surface area contributed by atoms with Crippen molar-refractivity contribution < 1.29 is 4.79 Å². The number of hydrogen-bond acceptors (Lipinski definition) is 2. The van der Waals surface area contributed by atoms with Crippen LogP contribution in [0.15, 0.2) is 24.3 Å². The molecule has 186 valence electrons. The van der Waals surface area contributed by atoms with E-state index in [1.54, 1.807) is 0 Å². The zero-order valence-electron chi connectivity index (χ0n) is 22.4. The SMILES string of the molecule is C[C@H]([C@H]1CC[C@H]2[C@@H]3CC[C@H]4C[C@]5(CC[C@]4(C)[C@H]3CC[C@]12C)c1ccccc1C(=O)N5C)N(C)C. The third-order valence-electron chi connectivity index (χ3n) is 12.8. The quantitative estimate of drug-likeness (QED) is 0.496. The molecule has 4 fully saturated rings. The zero-order valence-corrected chi connectivity index (χ0v) is 22.4. The Morgan fingerprint density at radius 1 is 0.941 bits per heavy atom. The smallest absolute Gasteiger partial charge is 0.254 e. The number of nitrogens with zero attached hydrogens (tertiary/aromatic N) is 2. The van der Waals surface area contributed by atoms with E-state index in [4.69, 9.17) is 0 Å². The van der Waals surface area contributed by atoms with Gasteiger partial charge in [-0.05, 0) is 131 Å². The van der Waals surface area contributed by atoms with Crippen LogP contribution in [0.4, 0.5) is 0 Å². The molecule has 3 nitrogen and oxygen atoms in total. The van der Waals surface area contributed by atoms with Crippen molar-refractivity contribution in [2.45, 2.75) is 90.1 Å². The summed E-state index contributed by atoms with van der Waals surface area (Å²) in [5.74, 6) is 4.56. The Morgan fingerprint density at radius 3 is 2.44 bits per heavy atom. The Balaban J connectivity index is 1.28. The van der Waals surface area contributed by atoms with E-state index in [1.807, 2.05) is 6.07 Å². The predicted octanol–water partition coefficient (Wildman–Crippen LogP) is 6.58. The van der Waals surface area contributed by atoms with Crippen LogP contribution in [0.5, 0.6) is 0 Å². The fraction of sp³-hybridized carbons (Fsp3) is 0.774. The summed E-state index contributed by atoms with van der Waals surface area (Å²) in [7, 11) is 6.63. The molecule has 9 atom stereocenters. The molecular formula is C31H46N2O. The van der Waals surface area contributed by atoms with E-state index in [9.17, 15) is 4.79 Å². The number of carbonyl (C=O) groups excluding carboxylic acids is 1. The van der Waals surface area contributed by atoms with Gasteiger partial charge >= 0.3 is 0 Å². The van der Waals surface area contributed by atoms with Gasteiger partial charge in [-0.25, -0.2) is 0 Å². The monoisotopic (exact) mass is 462 g/mol. The Hall–Kier alpha value is -1.35. The number of carbonyl (C=O) groups is 1. The lowest BCUT2D eigenvalue weighted by atomic mass is 9.43. The molecule has 0 unspecified atom stereocenters. The largest absolute Gasteiger partial charge is 0.332 e. The second-order valence-electron chi connectivity index (χ2n) is 13.7. The first-order valence-corrected chi connectivity index (χ1v) is 14.2. The van der Waals surface area contributed by atoms with Crippen LogP contribution in [0, 0.1) is 40.4 Å². The average molecular weight is 463 g/mol. The molecule has 1 heterocycles.